The highest BCUT2D eigenvalue weighted by molar-refractivity contribution is 7.71. The monoisotopic (exact) mass is 265 g/mol. The van der Waals surface area contributed by atoms with Crippen molar-refractivity contribution in [3.8, 4) is 17.2 Å². The largest absolute Gasteiger partial charge is 0.490 e. The van der Waals surface area contributed by atoms with E-state index in [2.05, 4.69) is 10.2 Å². The van der Waals surface area contributed by atoms with E-state index in [1.165, 1.54) is 4.57 Å². The SMILES string of the molecule is O=c1[nH][nH]c(=S)n1-c1ccc2c(c1)OCCCO2. The lowest BCUT2D eigenvalue weighted by atomic mass is 10.2. The molecule has 0 unspecified atom stereocenters. The van der Waals surface area contributed by atoms with E-state index in [0.717, 1.165) is 6.42 Å². The van der Waals surface area contributed by atoms with Crippen molar-refractivity contribution in [3.05, 3.63) is 33.5 Å². The molecule has 2 aromatic rings. The predicted octanol–water partition coefficient (Wildman–Crippen LogP) is 1.38. The maximum Gasteiger partial charge on any atom is 0.347 e. The molecule has 0 fully saturated rings. The Morgan fingerprint density at radius 2 is 1.94 bits per heavy atom. The fourth-order valence-corrected chi connectivity index (χ4v) is 2.08. The summed E-state index contributed by atoms with van der Waals surface area (Å²) in [5.74, 6) is 1.32. The van der Waals surface area contributed by atoms with Gasteiger partial charge in [0.1, 0.15) is 0 Å². The summed E-state index contributed by atoms with van der Waals surface area (Å²) in [6.45, 7) is 1.24. The van der Waals surface area contributed by atoms with Gasteiger partial charge < -0.3 is 9.47 Å². The van der Waals surface area contributed by atoms with E-state index in [4.69, 9.17) is 21.7 Å². The number of nitrogens with one attached hydrogen (secondary N) is 2. The average Bonchev–Trinajstić information content (AvgIpc) is 2.59. The van der Waals surface area contributed by atoms with Crippen molar-refractivity contribution in [1.82, 2.24) is 14.8 Å². The summed E-state index contributed by atoms with van der Waals surface area (Å²) in [4.78, 5) is 11.6. The van der Waals surface area contributed by atoms with Crippen molar-refractivity contribution in [1.29, 1.82) is 0 Å². The van der Waals surface area contributed by atoms with Gasteiger partial charge in [0.15, 0.2) is 11.5 Å². The molecule has 7 heteroatoms. The maximum atomic E-state index is 11.6. The third-order valence-corrected chi connectivity index (χ3v) is 2.96. The van der Waals surface area contributed by atoms with Crippen LogP contribution in [-0.2, 0) is 0 Å². The van der Waals surface area contributed by atoms with Crippen LogP contribution in [0.25, 0.3) is 5.69 Å². The second-order valence-corrected chi connectivity index (χ2v) is 4.26. The fraction of sp³-hybridized carbons (Fsp3) is 0.273. The molecule has 0 aliphatic carbocycles. The fourth-order valence-electron chi connectivity index (χ4n) is 1.84. The highest BCUT2D eigenvalue weighted by Crippen LogP contribution is 2.31. The number of benzene rings is 1. The van der Waals surface area contributed by atoms with E-state index in [-0.39, 0.29) is 5.69 Å². The van der Waals surface area contributed by atoms with Gasteiger partial charge in [-0.3, -0.25) is 5.10 Å². The zero-order chi connectivity index (χ0) is 12.5. The number of ether oxygens (including phenoxy) is 2. The molecule has 2 heterocycles. The average molecular weight is 265 g/mol. The first-order valence-corrected chi connectivity index (χ1v) is 5.96. The maximum absolute atomic E-state index is 11.6. The smallest absolute Gasteiger partial charge is 0.347 e. The van der Waals surface area contributed by atoms with Crippen LogP contribution in [0.15, 0.2) is 23.0 Å². The van der Waals surface area contributed by atoms with Crippen LogP contribution in [0, 0.1) is 4.77 Å². The molecule has 1 aliphatic rings. The summed E-state index contributed by atoms with van der Waals surface area (Å²) >= 11 is 5.04. The Bertz CT molecular complexity index is 658. The molecule has 3 rings (SSSR count). The van der Waals surface area contributed by atoms with Crippen LogP contribution < -0.4 is 15.2 Å². The minimum Gasteiger partial charge on any atom is -0.490 e. The number of nitrogens with zero attached hydrogens (tertiary/aromatic N) is 1. The van der Waals surface area contributed by atoms with Crippen molar-refractivity contribution in [2.75, 3.05) is 13.2 Å². The standard InChI is InChI=1S/C11H11N3O3S/c15-10-12-13-11(18)14(10)7-2-3-8-9(6-7)17-5-1-4-16-8/h2-3,6H,1,4-5H2,(H,12,15)(H,13,18). The number of rotatable bonds is 1. The topological polar surface area (TPSA) is 72.0 Å². The van der Waals surface area contributed by atoms with Gasteiger partial charge in [0.25, 0.3) is 0 Å². The van der Waals surface area contributed by atoms with Crippen molar-refractivity contribution in [2.45, 2.75) is 6.42 Å². The Morgan fingerprint density at radius 3 is 2.67 bits per heavy atom. The van der Waals surface area contributed by atoms with Crippen molar-refractivity contribution in [3.63, 3.8) is 0 Å². The number of hydrogen-bond donors (Lipinski definition) is 2. The van der Waals surface area contributed by atoms with Crippen LogP contribution >= 0.6 is 12.2 Å². The van der Waals surface area contributed by atoms with E-state index >= 15 is 0 Å². The van der Waals surface area contributed by atoms with Crippen LogP contribution in [-0.4, -0.2) is 28.0 Å². The number of fused-ring (bicyclic) bond motifs is 1. The lowest BCUT2D eigenvalue weighted by Gasteiger charge is -2.08. The number of H-pyrrole nitrogens is 2. The lowest BCUT2D eigenvalue weighted by molar-refractivity contribution is 0.297. The Hall–Kier alpha value is -2.02. The van der Waals surface area contributed by atoms with Crippen LogP contribution in [0.2, 0.25) is 0 Å². The van der Waals surface area contributed by atoms with Crippen LogP contribution in [0.1, 0.15) is 6.42 Å². The third kappa shape index (κ3) is 1.82. The molecule has 0 saturated heterocycles. The number of aromatic nitrogens is 3. The molecule has 0 amide bonds. The van der Waals surface area contributed by atoms with Crippen LogP contribution in [0.3, 0.4) is 0 Å². The van der Waals surface area contributed by atoms with Gasteiger partial charge in [0.2, 0.25) is 4.77 Å². The molecule has 0 bridgehead atoms. The summed E-state index contributed by atoms with van der Waals surface area (Å²) in [6, 6.07) is 5.30. The van der Waals surface area contributed by atoms with Crippen LogP contribution in [0.5, 0.6) is 11.5 Å². The Kier molecular flexibility index (Phi) is 2.67. The molecule has 0 atom stereocenters. The summed E-state index contributed by atoms with van der Waals surface area (Å²) in [5, 5.41) is 5.03. The first-order chi connectivity index (χ1) is 8.75. The second kappa shape index (κ2) is 4.34. The van der Waals surface area contributed by atoms with Crippen molar-refractivity contribution >= 4 is 12.2 Å². The second-order valence-electron chi connectivity index (χ2n) is 3.88. The molecule has 0 saturated carbocycles. The van der Waals surface area contributed by atoms with Gasteiger partial charge in [-0.25, -0.2) is 14.5 Å². The summed E-state index contributed by atoms with van der Waals surface area (Å²) < 4.78 is 12.8. The predicted molar refractivity (Wildman–Crippen MR) is 67.2 cm³/mol. The van der Waals surface area contributed by atoms with E-state index in [9.17, 15) is 4.79 Å². The molecule has 0 radical (unpaired) electrons. The molecule has 94 valence electrons. The molecular formula is C11H11N3O3S. The third-order valence-electron chi connectivity index (χ3n) is 2.67. The molecule has 0 spiro atoms. The Balaban J connectivity index is 2.12. The van der Waals surface area contributed by atoms with Crippen molar-refractivity contribution in [2.24, 2.45) is 0 Å². The first kappa shape index (κ1) is 11.1. The van der Waals surface area contributed by atoms with Gasteiger partial charge in [-0.1, -0.05) is 0 Å². The van der Waals surface area contributed by atoms with Gasteiger partial charge >= 0.3 is 5.69 Å². The Morgan fingerprint density at radius 1 is 1.17 bits per heavy atom. The lowest BCUT2D eigenvalue weighted by Crippen LogP contribution is -2.14. The highest BCUT2D eigenvalue weighted by Gasteiger charge is 2.12. The highest BCUT2D eigenvalue weighted by atomic mass is 32.1. The quantitative estimate of drug-likeness (QED) is 0.764. The van der Waals surface area contributed by atoms with E-state index in [1.807, 2.05) is 0 Å². The van der Waals surface area contributed by atoms with Gasteiger partial charge in [0.05, 0.1) is 18.9 Å². The zero-order valence-electron chi connectivity index (χ0n) is 9.43. The van der Waals surface area contributed by atoms with Gasteiger partial charge in [-0.05, 0) is 24.4 Å². The number of aromatic amines is 2. The molecule has 1 aliphatic heterocycles. The molecule has 6 nitrogen and oxygen atoms in total. The zero-order valence-corrected chi connectivity index (χ0v) is 10.3. The van der Waals surface area contributed by atoms with Gasteiger partial charge in [0, 0.05) is 12.5 Å². The molecule has 18 heavy (non-hydrogen) atoms. The van der Waals surface area contributed by atoms with E-state index < -0.39 is 0 Å². The molecule has 1 aromatic heterocycles. The normalized spacial score (nSPS) is 14.2. The van der Waals surface area contributed by atoms with Crippen LogP contribution in [0.4, 0.5) is 0 Å². The number of hydrogen-bond acceptors (Lipinski definition) is 4. The van der Waals surface area contributed by atoms with Gasteiger partial charge in [-0.15, -0.1) is 0 Å². The molecule has 2 N–H and O–H groups in total. The minimum atomic E-state index is -0.311. The first-order valence-electron chi connectivity index (χ1n) is 5.55. The summed E-state index contributed by atoms with van der Waals surface area (Å²) in [5.41, 5.74) is 0.334. The van der Waals surface area contributed by atoms with Crippen molar-refractivity contribution < 1.29 is 9.47 Å². The molecular weight excluding hydrogens is 254 g/mol. The Labute approximate surface area is 107 Å². The summed E-state index contributed by atoms with van der Waals surface area (Å²) in [6.07, 6.45) is 0.841. The molecule has 1 aromatic carbocycles. The summed E-state index contributed by atoms with van der Waals surface area (Å²) in [7, 11) is 0. The van der Waals surface area contributed by atoms with E-state index in [1.54, 1.807) is 18.2 Å². The van der Waals surface area contributed by atoms with Gasteiger partial charge in [-0.2, -0.15) is 0 Å². The van der Waals surface area contributed by atoms with E-state index in [0.29, 0.717) is 35.2 Å². The minimum absolute atomic E-state index is 0.311.